The quantitative estimate of drug-likeness (QED) is 0.714. The van der Waals surface area contributed by atoms with Gasteiger partial charge in [0.25, 0.3) is 5.91 Å². The van der Waals surface area contributed by atoms with Crippen molar-refractivity contribution < 1.29 is 13.2 Å². The van der Waals surface area contributed by atoms with E-state index in [1.165, 1.54) is 5.56 Å². The molecule has 0 heterocycles. The molecule has 0 aliphatic carbocycles. The summed E-state index contributed by atoms with van der Waals surface area (Å²) >= 11 is 0. The van der Waals surface area contributed by atoms with Gasteiger partial charge in [0, 0.05) is 16.9 Å². The van der Waals surface area contributed by atoms with Crippen molar-refractivity contribution in [1.29, 1.82) is 0 Å². The van der Waals surface area contributed by atoms with Gasteiger partial charge in [0.1, 0.15) is 0 Å². The summed E-state index contributed by atoms with van der Waals surface area (Å²) < 4.78 is 26.0. The Balaban J connectivity index is 2.00. The Morgan fingerprint density at radius 2 is 1.48 bits per heavy atom. The van der Waals surface area contributed by atoms with Crippen LogP contribution in [0.4, 0.5) is 11.4 Å². The second kappa shape index (κ2) is 8.57. The van der Waals surface area contributed by atoms with Crippen molar-refractivity contribution in [2.75, 3.05) is 10.0 Å². The molecule has 2 N–H and O–H groups in total. The average Bonchev–Trinajstić information content (AvgIpc) is 2.61. The van der Waals surface area contributed by atoms with E-state index in [-0.39, 0.29) is 5.91 Å². The zero-order chi connectivity index (χ0) is 20.1. The number of unbranched alkanes of at least 4 members (excludes halogenated alkanes) is 1. The number of carbonyl (C=O) groups is 1. The van der Waals surface area contributed by atoms with Gasteiger partial charge < -0.3 is 5.32 Å². The number of rotatable bonds is 7. The highest BCUT2D eigenvalue weighted by molar-refractivity contribution is 7.94. The largest absolute Gasteiger partial charge is 0.322 e. The van der Waals surface area contributed by atoms with Crippen LogP contribution in [0.5, 0.6) is 0 Å². The first kappa shape index (κ1) is 21.0. The molecule has 0 aromatic heterocycles. The molecule has 0 bridgehead atoms. The number of benzene rings is 2. The van der Waals surface area contributed by atoms with Gasteiger partial charge in [0.2, 0.25) is 10.0 Å². The highest BCUT2D eigenvalue weighted by Crippen LogP contribution is 2.21. The van der Waals surface area contributed by atoms with Crippen molar-refractivity contribution in [2.45, 2.75) is 51.7 Å². The zero-order valence-electron chi connectivity index (χ0n) is 16.4. The molecular weight excluding hydrogens is 360 g/mol. The minimum atomic E-state index is -3.48. The van der Waals surface area contributed by atoms with E-state index in [4.69, 9.17) is 0 Å². The van der Waals surface area contributed by atoms with Crippen LogP contribution in [-0.4, -0.2) is 19.1 Å². The summed E-state index contributed by atoms with van der Waals surface area (Å²) in [6.07, 6.45) is 3.30. The average molecular weight is 389 g/mol. The van der Waals surface area contributed by atoms with E-state index in [9.17, 15) is 13.2 Å². The molecule has 2 rings (SSSR count). The maximum atomic E-state index is 12.4. The van der Waals surface area contributed by atoms with Crippen LogP contribution in [0.1, 0.15) is 56.5 Å². The molecule has 0 aliphatic heterocycles. The fraction of sp³-hybridized carbons (Fsp3) is 0.381. The normalized spacial score (nSPS) is 11.9. The second-order valence-electron chi connectivity index (χ2n) is 7.55. The summed E-state index contributed by atoms with van der Waals surface area (Å²) in [4.78, 5) is 12.4. The van der Waals surface area contributed by atoms with Gasteiger partial charge in [-0.2, -0.15) is 0 Å². The fourth-order valence-electron chi connectivity index (χ4n) is 2.34. The standard InChI is InChI=1S/C21H28N2O3S/c1-5-6-7-16-8-10-17(11-9-16)20(24)22-18-12-14-19(15-13-18)23-27(25,26)21(2,3)4/h8-15,23H,5-7H2,1-4H3,(H,22,24). The Labute approximate surface area is 162 Å². The molecular formula is C21H28N2O3S. The van der Waals surface area contributed by atoms with Gasteiger partial charge in [-0.25, -0.2) is 8.42 Å². The lowest BCUT2D eigenvalue weighted by atomic mass is 10.1. The molecule has 2 aromatic rings. The molecule has 0 atom stereocenters. The molecule has 0 saturated heterocycles. The fourth-order valence-corrected chi connectivity index (χ4v) is 3.09. The molecule has 5 nitrogen and oxygen atoms in total. The lowest BCUT2D eigenvalue weighted by molar-refractivity contribution is 0.102. The summed E-state index contributed by atoms with van der Waals surface area (Å²) in [7, 11) is -3.48. The van der Waals surface area contributed by atoms with Crippen LogP contribution >= 0.6 is 0 Å². The third-order valence-electron chi connectivity index (χ3n) is 4.24. The molecule has 0 radical (unpaired) electrons. The third-order valence-corrected chi connectivity index (χ3v) is 6.35. The van der Waals surface area contributed by atoms with Crippen LogP contribution in [-0.2, 0) is 16.4 Å². The number of aryl methyl sites for hydroxylation is 1. The molecule has 0 fully saturated rings. The Bertz CT molecular complexity index is 865. The lowest BCUT2D eigenvalue weighted by Gasteiger charge is -2.20. The number of hydrogen-bond donors (Lipinski definition) is 2. The van der Waals surface area contributed by atoms with Crippen LogP contribution in [0.15, 0.2) is 48.5 Å². The van der Waals surface area contributed by atoms with Crippen molar-refractivity contribution >= 4 is 27.3 Å². The number of anilines is 2. The highest BCUT2D eigenvalue weighted by Gasteiger charge is 2.28. The Morgan fingerprint density at radius 1 is 0.926 bits per heavy atom. The first-order valence-electron chi connectivity index (χ1n) is 9.15. The molecule has 27 heavy (non-hydrogen) atoms. The summed E-state index contributed by atoms with van der Waals surface area (Å²) in [6.45, 7) is 7.06. The Morgan fingerprint density at radius 3 is 2.00 bits per heavy atom. The number of sulfonamides is 1. The van der Waals surface area contributed by atoms with Gasteiger partial charge in [-0.05, 0) is 75.6 Å². The molecule has 2 aromatic carbocycles. The first-order valence-corrected chi connectivity index (χ1v) is 10.6. The highest BCUT2D eigenvalue weighted by atomic mass is 32.2. The predicted octanol–water partition coefficient (Wildman–Crippen LogP) is 4.82. The molecule has 1 amide bonds. The second-order valence-corrected chi connectivity index (χ2v) is 9.99. The van der Waals surface area contributed by atoms with Gasteiger partial charge >= 0.3 is 0 Å². The van der Waals surface area contributed by atoms with Gasteiger partial charge in [0.15, 0.2) is 0 Å². The van der Waals surface area contributed by atoms with E-state index in [1.807, 2.05) is 24.3 Å². The van der Waals surface area contributed by atoms with E-state index in [1.54, 1.807) is 45.0 Å². The molecule has 0 unspecified atom stereocenters. The number of carbonyl (C=O) groups excluding carboxylic acids is 1. The molecule has 0 spiro atoms. The van der Waals surface area contributed by atoms with Crippen molar-refractivity contribution in [3.8, 4) is 0 Å². The Kier molecular flexibility index (Phi) is 6.65. The monoisotopic (exact) mass is 388 g/mol. The molecule has 0 saturated carbocycles. The van der Waals surface area contributed by atoms with E-state index >= 15 is 0 Å². The minimum absolute atomic E-state index is 0.194. The van der Waals surface area contributed by atoms with Crippen molar-refractivity contribution in [3.05, 3.63) is 59.7 Å². The first-order chi connectivity index (χ1) is 12.6. The van der Waals surface area contributed by atoms with Gasteiger partial charge in [-0.3, -0.25) is 9.52 Å². The van der Waals surface area contributed by atoms with Crippen LogP contribution in [0.3, 0.4) is 0 Å². The third kappa shape index (κ3) is 5.82. The molecule has 0 aliphatic rings. The number of hydrogen-bond acceptors (Lipinski definition) is 3. The van der Waals surface area contributed by atoms with Gasteiger partial charge in [-0.1, -0.05) is 25.5 Å². The molecule has 146 valence electrons. The van der Waals surface area contributed by atoms with Gasteiger partial charge in [-0.15, -0.1) is 0 Å². The number of nitrogens with one attached hydrogen (secondary N) is 2. The van der Waals surface area contributed by atoms with Crippen LogP contribution in [0.2, 0.25) is 0 Å². The Hall–Kier alpha value is -2.34. The van der Waals surface area contributed by atoms with E-state index < -0.39 is 14.8 Å². The van der Waals surface area contributed by atoms with Crippen LogP contribution in [0.25, 0.3) is 0 Å². The van der Waals surface area contributed by atoms with E-state index in [2.05, 4.69) is 17.0 Å². The maximum Gasteiger partial charge on any atom is 0.255 e. The van der Waals surface area contributed by atoms with E-state index in [0.717, 1.165) is 19.3 Å². The van der Waals surface area contributed by atoms with Crippen molar-refractivity contribution in [3.63, 3.8) is 0 Å². The zero-order valence-corrected chi connectivity index (χ0v) is 17.2. The SMILES string of the molecule is CCCCc1ccc(C(=O)Nc2ccc(NS(=O)(=O)C(C)(C)C)cc2)cc1. The van der Waals surface area contributed by atoms with Crippen LogP contribution < -0.4 is 10.0 Å². The van der Waals surface area contributed by atoms with Gasteiger partial charge in [0.05, 0.1) is 4.75 Å². The minimum Gasteiger partial charge on any atom is -0.322 e. The van der Waals surface area contributed by atoms with E-state index in [0.29, 0.717) is 16.9 Å². The van der Waals surface area contributed by atoms with Crippen molar-refractivity contribution in [2.24, 2.45) is 0 Å². The smallest absolute Gasteiger partial charge is 0.255 e. The molecule has 6 heteroatoms. The summed E-state index contributed by atoms with van der Waals surface area (Å²) in [5.74, 6) is -0.194. The summed E-state index contributed by atoms with van der Waals surface area (Å²) in [5.41, 5.74) is 2.88. The summed E-state index contributed by atoms with van der Waals surface area (Å²) in [5, 5.41) is 2.82. The van der Waals surface area contributed by atoms with Crippen molar-refractivity contribution in [1.82, 2.24) is 0 Å². The topological polar surface area (TPSA) is 75.3 Å². The summed E-state index contributed by atoms with van der Waals surface area (Å²) in [6, 6.07) is 14.2. The predicted molar refractivity (Wildman–Crippen MR) is 112 cm³/mol. The maximum absolute atomic E-state index is 12.4. The number of amides is 1. The lowest BCUT2D eigenvalue weighted by Crippen LogP contribution is -2.33. The van der Waals surface area contributed by atoms with Crippen LogP contribution in [0, 0.1) is 0 Å².